The summed E-state index contributed by atoms with van der Waals surface area (Å²) in [5, 5.41) is 27.1. The molecule has 11 N–H and O–H groups in total. The Bertz CT molecular complexity index is 1160. The molecule has 0 bridgehead atoms. The van der Waals surface area contributed by atoms with E-state index in [9.17, 15) is 34.2 Å². The van der Waals surface area contributed by atoms with Crippen LogP contribution in [-0.2, 0) is 30.5 Å². The van der Waals surface area contributed by atoms with Crippen LogP contribution in [0.3, 0.4) is 0 Å². The Morgan fingerprint density at radius 3 is 2.38 bits per heavy atom. The minimum atomic E-state index is -1.28. The normalized spacial score (nSPS) is 16.9. The number of carbonyl (C=O) groups excluding carboxylic acids is 4. The SMILES string of the molecule is CC(O)C(N)C(=O)NC(CCCCNC(=O)OCc1ccccc1)C(=O)N1CCCC1C(=O)NC(CCCN=C(N)N)C(=O)O. The van der Waals surface area contributed by atoms with E-state index in [-0.39, 0.29) is 45.0 Å². The van der Waals surface area contributed by atoms with Gasteiger partial charge in [-0.25, -0.2) is 9.59 Å². The van der Waals surface area contributed by atoms with Crippen molar-refractivity contribution in [3.63, 3.8) is 0 Å². The van der Waals surface area contributed by atoms with E-state index < -0.39 is 60.1 Å². The quantitative estimate of drug-likeness (QED) is 0.0545. The number of rotatable bonds is 18. The first kappa shape index (κ1) is 36.8. The molecule has 5 unspecified atom stereocenters. The summed E-state index contributed by atoms with van der Waals surface area (Å²) in [6, 6.07) is 4.68. The van der Waals surface area contributed by atoms with Gasteiger partial charge in [-0.2, -0.15) is 0 Å². The van der Waals surface area contributed by atoms with E-state index in [0.717, 1.165) is 5.56 Å². The van der Waals surface area contributed by atoms with Crippen molar-refractivity contribution in [3.05, 3.63) is 35.9 Å². The van der Waals surface area contributed by atoms with E-state index in [1.807, 2.05) is 30.3 Å². The van der Waals surface area contributed by atoms with E-state index in [4.69, 9.17) is 21.9 Å². The highest BCUT2D eigenvalue weighted by Gasteiger charge is 2.39. The lowest BCUT2D eigenvalue weighted by Crippen LogP contribution is -2.57. The molecule has 250 valence electrons. The fourth-order valence-corrected chi connectivity index (χ4v) is 4.71. The molecule has 0 aromatic heterocycles. The van der Waals surface area contributed by atoms with E-state index in [1.165, 1.54) is 11.8 Å². The first-order valence-electron chi connectivity index (χ1n) is 15.0. The highest BCUT2D eigenvalue weighted by molar-refractivity contribution is 5.94. The van der Waals surface area contributed by atoms with E-state index in [0.29, 0.717) is 32.1 Å². The fraction of sp³-hybridized carbons (Fsp3) is 0.586. The second-order valence-corrected chi connectivity index (χ2v) is 10.8. The minimum Gasteiger partial charge on any atom is -0.480 e. The Balaban J connectivity index is 1.98. The summed E-state index contributed by atoms with van der Waals surface area (Å²) in [5.41, 5.74) is 17.2. The number of ether oxygens (including phenoxy) is 1. The summed E-state index contributed by atoms with van der Waals surface area (Å²) in [7, 11) is 0. The first-order chi connectivity index (χ1) is 21.4. The van der Waals surface area contributed by atoms with Crippen LogP contribution < -0.4 is 33.2 Å². The maximum absolute atomic E-state index is 13.7. The Morgan fingerprint density at radius 2 is 1.73 bits per heavy atom. The van der Waals surface area contributed by atoms with Crippen LogP contribution >= 0.6 is 0 Å². The van der Waals surface area contributed by atoms with Gasteiger partial charge < -0.3 is 53.0 Å². The van der Waals surface area contributed by atoms with Crippen LogP contribution in [0.15, 0.2) is 35.3 Å². The minimum absolute atomic E-state index is 0.0717. The molecule has 16 nitrogen and oxygen atoms in total. The molecule has 0 spiro atoms. The second kappa shape index (κ2) is 19.1. The maximum atomic E-state index is 13.7. The lowest BCUT2D eigenvalue weighted by atomic mass is 10.1. The molecular weight excluding hydrogens is 588 g/mol. The van der Waals surface area contributed by atoms with E-state index in [2.05, 4.69) is 20.9 Å². The van der Waals surface area contributed by atoms with Gasteiger partial charge in [0.15, 0.2) is 5.96 Å². The number of hydrogen-bond acceptors (Lipinski definition) is 9. The highest BCUT2D eigenvalue weighted by Crippen LogP contribution is 2.20. The van der Waals surface area contributed by atoms with Crippen molar-refractivity contribution in [2.75, 3.05) is 19.6 Å². The number of carboxylic acids is 1. The number of guanidine groups is 1. The number of benzene rings is 1. The number of amides is 4. The number of nitrogens with zero attached hydrogens (tertiary/aromatic N) is 2. The van der Waals surface area contributed by atoms with Crippen molar-refractivity contribution in [1.29, 1.82) is 0 Å². The molecule has 0 saturated carbocycles. The number of hydrogen-bond donors (Lipinski definition) is 8. The summed E-state index contributed by atoms with van der Waals surface area (Å²) >= 11 is 0. The smallest absolute Gasteiger partial charge is 0.407 e. The number of carbonyl (C=O) groups is 5. The highest BCUT2D eigenvalue weighted by atomic mass is 16.5. The lowest BCUT2D eigenvalue weighted by molar-refractivity contribution is -0.145. The average Bonchev–Trinajstić information content (AvgIpc) is 3.50. The third-order valence-electron chi connectivity index (χ3n) is 7.24. The molecule has 0 aliphatic carbocycles. The Morgan fingerprint density at radius 1 is 1.04 bits per heavy atom. The molecule has 2 rings (SSSR count). The topological polar surface area (TPSA) is 265 Å². The predicted molar refractivity (Wildman–Crippen MR) is 164 cm³/mol. The van der Waals surface area contributed by atoms with Crippen LogP contribution in [0.5, 0.6) is 0 Å². The number of aliphatic hydroxyl groups is 1. The molecule has 1 saturated heterocycles. The van der Waals surface area contributed by atoms with Crippen LogP contribution in [0.25, 0.3) is 0 Å². The third-order valence-corrected chi connectivity index (χ3v) is 7.24. The molecule has 1 aromatic carbocycles. The number of alkyl carbamates (subject to hydrolysis) is 1. The molecular formula is C29H46N8O8. The molecule has 1 fully saturated rings. The monoisotopic (exact) mass is 634 g/mol. The second-order valence-electron chi connectivity index (χ2n) is 10.8. The molecule has 1 heterocycles. The van der Waals surface area contributed by atoms with Crippen LogP contribution in [0.2, 0.25) is 0 Å². The number of nitrogens with two attached hydrogens (primary N) is 3. The first-order valence-corrected chi connectivity index (χ1v) is 15.0. The molecule has 45 heavy (non-hydrogen) atoms. The number of unbranched alkanes of at least 4 members (excludes halogenated alkanes) is 1. The number of aliphatic hydroxyl groups excluding tert-OH is 1. The van der Waals surface area contributed by atoms with Gasteiger partial charge in [0, 0.05) is 19.6 Å². The van der Waals surface area contributed by atoms with Gasteiger partial charge in [0.1, 0.15) is 30.8 Å². The number of likely N-dealkylation sites (tertiary alicyclic amines) is 1. The van der Waals surface area contributed by atoms with Crippen LogP contribution in [0.4, 0.5) is 4.79 Å². The van der Waals surface area contributed by atoms with Crippen molar-refractivity contribution in [3.8, 4) is 0 Å². The van der Waals surface area contributed by atoms with Gasteiger partial charge in [-0.1, -0.05) is 30.3 Å². The van der Waals surface area contributed by atoms with E-state index >= 15 is 0 Å². The molecule has 16 heteroatoms. The predicted octanol–water partition coefficient (Wildman–Crippen LogP) is -1.11. The van der Waals surface area contributed by atoms with E-state index in [1.54, 1.807) is 0 Å². The zero-order chi connectivity index (χ0) is 33.4. The average molecular weight is 635 g/mol. The summed E-state index contributed by atoms with van der Waals surface area (Å²) in [4.78, 5) is 68.4. The van der Waals surface area contributed by atoms with Crippen molar-refractivity contribution in [1.82, 2.24) is 20.9 Å². The summed E-state index contributed by atoms with van der Waals surface area (Å²) < 4.78 is 5.18. The van der Waals surface area contributed by atoms with Gasteiger partial charge in [-0.15, -0.1) is 0 Å². The Labute approximate surface area is 262 Å². The van der Waals surface area contributed by atoms with Crippen molar-refractivity contribution in [2.45, 2.75) is 88.7 Å². The Kier molecular flexibility index (Phi) is 15.6. The Hall–Kier alpha value is -4.44. The van der Waals surface area contributed by atoms with Gasteiger partial charge in [-0.3, -0.25) is 19.4 Å². The summed E-state index contributed by atoms with van der Waals surface area (Å²) in [6.07, 6.45) is 0.429. The zero-order valence-corrected chi connectivity index (χ0v) is 25.5. The number of nitrogens with one attached hydrogen (secondary N) is 3. The standard InChI is InChI=1S/C29H46N8O8/c1-18(38)23(30)25(40)35-20(11-5-6-14-34-29(44)45-17-19-9-3-2-4-10-19)26(41)37-16-8-13-22(37)24(39)36-21(27(42)43)12-7-15-33-28(31)32/h2-4,9-10,18,20-23,38H,5-8,11-17,30H2,1H3,(H,34,44)(H,35,40)(H,36,39)(H,42,43)(H4,31,32,33). The van der Waals surface area contributed by atoms with Crippen LogP contribution in [0, 0.1) is 0 Å². The third kappa shape index (κ3) is 13.0. The number of aliphatic carboxylic acids is 1. The molecule has 0 radical (unpaired) electrons. The maximum Gasteiger partial charge on any atom is 0.407 e. The molecule has 4 amide bonds. The van der Waals surface area contributed by atoms with Gasteiger partial charge in [0.25, 0.3) is 0 Å². The van der Waals surface area contributed by atoms with Crippen molar-refractivity contribution < 1.29 is 38.9 Å². The molecule has 5 atom stereocenters. The molecule has 1 aliphatic heterocycles. The zero-order valence-electron chi connectivity index (χ0n) is 25.5. The van der Waals surface area contributed by atoms with Crippen LogP contribution in [-0.4, -0.2) is 101 Å². The summed E-state index contributed by atoms with van der Waals surface area (Å²) in [6.45, 7) is 2.14. The lowest BCUT2D eigenvalue weighted by Gasteiger charge is -2.30. The summed E-state index contributed by atoms with van der Waals surface area (Å²) in [5.74, 6) is -3.26. The van der Waals surface area contributed by atoms with Gasteiger partial charge >= 0.3 is 12.1 Å². The van der Waals surface area contributed by atoms with Gasteiger partial charge in [-0.05, 0) is 57.4 Å². The van der Waals surface area contributed by atoms with Gasteiger partial charge in [0.05, 0.1) is 6.10 Å². The van der Waals surface area contributed by atoms with Crippen LogP contribution in [0.1, 0.15) is 57.4 Å². The van der Waals surface area contributed by atoms with Crippen molar-refractivity contribution in [2.24, 2.45) is 22.2 Å². The molecule has 1 aromatic rings. The fourth-order valence-electron chi connectivity index (χ4n) is 4.71. The molecule has 1 aliphatic rings. The largest absolute Gasteiger partial charge is 0.480 e. The number of carboxylic acid groups (broad SMARTS) is 1. The van der Waals surface area contributed by atoms with Crippen molar-refractivity contribution >= 4 is 35.7 Å². The van der Waals surface area contributed by atoms with Gasteiger partial charge in [0.2, 0.25) is 17.7 Å². The number of aliphatic imine (C=N–C) groups is 1.